The number of anilines is 1. The lowest BCUT2D eigenvalue weighted by molar-refractivity contribution is 0.0992. The van der Waals surface area contributed by atoms with E-state index in [2.05, 4.69) is 5.32 Å². The molecule has 1 aromatic heterocycles. The second-order valence-corrected chi connectivity index (χ2v) is 5.37. The first kappa shape index (κ1) is 15.7. The lowest BCUT2D eigenvalue weighted by Gasteiger charge is -2.05. The third-order valence-electron chi connectivity index (χ3n) is 3.39. The van der Waals surface area contributed by atoms with E-state index in [1.54, 1.807) is 24.3 Å². The number of aryl methyl sites for hydroxylation is 1. The summed E-state index contributed by atoms with van der Waals surface area (Å²) in [7, 11) is 0. The summed E-state index contributed by atoms with van der Waals surface area (Å²) < 4.78 is 11.1. The van der Waals surface area contributed by atoms with E-state index in [9.17, 15) is 9.90 Å². The predicted molar refractivity (Wildman–Crippen MR) is 90.3 cm³/mol. The smallest absolute Gasteiger partial charge is 0.291 e. The van der Waals surface area contributed by atoms with Crippen molar-refractivity contribution in [3.05, 3.63) is 77.7 Å². The molecule has 0 saturated carbocycles. The van der Waals surface area contributed by atoms with Gasteiger partial charge in [0.2, 0.25) is 0 Å². The second-order valence-electron chi connectivity index (χ2n) is 5.37. The van der Waals surface area contributed by atoms with E-state index < -0.39 is 0 Å². The minimum atomic E-state index is -0.387. The molecule has 0 aliphatic heterocycles. The molecule has 3 aromatic rings. The number of phenols is 1. The zero-order valence-corrected chi connectivity index (χ0v) is 13.2. The number of hydrogen-bond acceptors (Lipinski definition) is 4. The Labute approximate surface area is 139 Å². The van der Waals surface area contributed by atoms with E-state index in [1.807, 2.05) is 31.2 Å². The number of hydrogen-bond donors (Lipinski definition) is 2. The van der Waals surface area contributed by atoms with Gasteiger partial charge in [-0.1, -0.05) is 23.8 Å². The zero-order valence-electron chi connectivity index (χ0n) is 13.2. The van der Waals surface area contributed by atoms with E-state index in [0.29, 0.717) is 11.4 Å². The summed E-state index contributed by atoms with van der Waals surface area (Å²) in [6, 6.07) is 17.3. The standard InChI is InChI=1S/C19H17NO4/c1-13-5-7-16(8-6-13)23-12-17-9-10-18(24-17)19(22)20-14-3-2-4-15(21)11-14/h2-11,21H,12H2,1H3,(H,20,22). The molecule has 3 rings (SSSR count). The number of benzene rings is 2. The van der Waals surface area contributed by atoms with Gasteiger partial charge in [-0.15, -0.1) is 0 Å². The van der Waals surface area contributed by atoms with Gasteiger partial charge in [0, 0.05) is 11.8 Å². The maximum atomic E-state index is 12.1. The number of nitrogens with one attached hydrogen (secondary N) is 1. The van der Waals surface area contributed by atoms with Gasteiger partial charge in [0.15, 0.2) is 5.76 Å². The first-order valence-corrected chi connectivity index (χ1v) is 7.49. The van der Waals surface area contributed by atoms with Gasteiger partial charge in [-0.3, -0.25) is 4.79 Å². The Balaban J connectivity index is 1.60. The van der Waals surface area contributed by atoms with Crippen LogP contribution in [0.2, 0.25) is 0 Å². The first-order chi connectivity index (χ1) is 11.6. The Hall–Kier alpha value is -3.21. The van der Waals surface area contributed by atoms with Gasteiger partial charge in [-0.05, 0) is 43.3 Å². The Morgan fingerprint density at radius 1 is 1.12 bits per heavy atom. The van der Waals surface area contributed by atoms with Crippen LogP contribution in [0, 0.1) is 6.92 Å². The summed E-state index contributed by atoms with van der Waals surface area (Å²) in [5.41, 5.74) is 1.65. The molecule has 0 spiro atoms. The van der Waals surface area contributed by atoms with Crippen molar-refractivity contribution in [2.75, 3.05) is 5.32 Å². The number of ether oxygens (including phenoxy) is 1. The highest BCUT2D eigenvalue weighted by Crippen LogP contribution is 2.18. The molecule has 1 amide bonds. The molecule has 0 aliphatic rings. The molecular formula is C19H17NO4. The largest absolute Gasteiger partial charge is 0.508 e. The zero-order chi connectivity index (χ0) is 16.9. The van der Waals surface area contributed by atoms with E-state index in [-0.39, 0.29) is 24.0 Å². The van der Waals surface area contributed by atoms with E-state index >= 15 is 0 Å². The van der Waals surface area contributed by atoms with Crippen LogP contribution < -0.4 is 10.1 Å². The molecule has 2 aromatic carbocycles. The van der Waals surface area contributed by atoms with Gasteiger partial charge < -0.3 is 19.6 Å². The van der Waals surface area contributed by atoms with Crippen LogP contribution in [0.4, 0.5) is 5.69 Å². The highest BCUT2D eigenvalue weighted by Gasteiger charge is 2.12. The molecule has 2 N–H and O–H groups in total. The molecule has 0 radical (unpaired) electrons. The molecule has 0 bridgehead atoms. The second kappa shape index (κ2) is 6.91. The van der Waals surface area contributed by atoms with Gasteiger partial charge in [-0.25, -0.2) is 0 Å². The van der Waals surface area contributed by atoms with Crippen molar-refractivity contribution in [3.63, 3.8) is 0 Å². The third-order valence-corrected chi connectivity index (χ3v) is 3.39. The molecule has 0 aliphatic carbocycles. The number of phenolic OH excluding ortho intramolecular Hbond substituents is 1. The van der Waals surface area contributed by atoms with Crippen LogP contribution >= 0.6 is 0 Å². The number of carbonyl (C=O) groups excluding carboxylic acids is 1. The highest BCUT2D eigenvalue weighted by molar-refractivity contribution is 6.02. The number of rotatable bonds is 5. The fraction of sp³-hybridized carbons (Fsp3) is 0.105. The van der Waals surface area contributed by atoms with Crippen molar-refractivity contribution in [3.8, 4) is 11.5 Å². The normalized spacial score (nSPS) is 10.4. The van der Waals surface area contributed by atoms with Crippen molar-refractivity contribution in [1.29, 1.82) is 0 Å². The van der Waals surface area contributed by atoms with Crippen molar-refractivity contribution >= 4 is 11.6 Å². The summed E-state index contributed by atoms with van der Waals surface area (Å²) in [6.45, 7) is 2.25. The van der Waals surface area contributed by atoms with E-state index in [1.165, 1.54) is 12.1 Å². The number of amides is 1. The van der Waals surface area contributed by atoms with Gasteiger partial charge in [0.05, 0.1) is 0 Å². The molecule has 0 saturated heterocycles. The van der Waals surface area contributed by atoms with Crippen LogP contribution in [-0.2, 0) is 6.61 Å². The average molecular weight is 323 g/mol. The molecule has 24 heavy (non-hydrogen) atoms. The number of carbonyl (C=O) groups is 1. The van der Waals surface area contributed by atoms with Crippen LogP contribution in [0.15, 0.2) is 65.1 Å². The maximum absolute atomic E-state index is 12.1. The molecular weight excluding hydrogens is 306 g/mol. The van der Waals surface area contributed by atoms with Gasteiger partial charge in [-0.2, -0.15) is 0 Å². The topological polar surface area (TPSA) is 71.7 Å². The monoisotopic (exact) mass is 323 g/mol. The summed E-state index contributed by atoms with van der Waals surface area (Å²) in [5, 5.41) is 12.1. The van der Waals surface area contributed by atoms with Crippen LogP contribution in [-0.4, -0.2) is 11.0 Å². The van der Waals surface area contributed by atoms with Crippen molar-refractivity contribution in [2.24, 2.45) is 0 Å². The molecule has 0 atom stereocenters. The first-order valence-electron chi connectivity index (χ1n) is 7.49. The van der Waals surface area contributed by atoms with Gasteiger partial charge >= 0.3 is 0 Å². The van der Waals surface area contributed by atoms with Crippen molar-refractivity contribution in [1.82, 2.24) is 0 Å². The molecule has 1 heterocycles. The van der Waals surface area contributed by atoms with Crippen molar-refractivity contribution in [2.45, 2.75) is 13.5 Å². The molecule has 5 heteroatoms. The average Bonchev–Trinajstić information content (AvgIpc) is 3.03. The molecule has 0 unspecified atom stereocenters. The minimum absolute atomic E-state index is 0.0828. The highest BCUT2D eigenvalue weighted by atomic mass is 16.5. The Bertz CT molecular complexity index is 837. The fourth-order valence-corrected chi connectivity index (χ4v) is 2.14. The lowest BCUT2D eigenvalue weighted by Crippen LogP contribution is -2.10. The predicted octanol–water partition coefficient (Wildman–Crippen LogP) is 4.12. The molecule has 0 fully saturated rings. The summed E-state index contributed by atoms with van der Waals surface area (Å²) >= 11 is 0. The summed E-state index contributed by atoms with van der Waals surface area (Å²) in [4.78, 5) is 12.1. The van der Waals surface area contributed by atoms with Gasteiger partial charge in [0.1, 0.15) is 23.9 Å². The SMILES string of the molecule is Cc1ccc(OCc2ccc(C(=O)Nc3cccc(O)c3)o2)cc1. The quantitative estimate of drug-likeness (QED) is 0.741. The Morgan fingerprint density at radius 2 is 1.92 bits per heavy atom. The number of furan rings is 1. The lowest BCUT2D eigenvalue weighted by atomic mass is 10.2. The number of aromatic hydroxyl groups is 1. The summed E-state index contributed by atoms with van der Waals surface area (Å²) in [6.07, 6.45) is 0. The minimum Gasteiger partial charge on any atom is -0.508 e. The molecule has 122 valence electrons. The van der Waals surface area contributed by atoms with Crippen LogP contribution in [0.1, 0.15) is 21.9 Å². The third kappa shape index (κ3) is 3.95. The van der Waals surface area contributed by atoms with Crippen LogP contribution in [0.25, 0.3) is 0 Å². The molecule has 5 nitrogen and oxygen atoms in total. The fourth-order valence-electron chi connectivity index (χ4n) is 2.14. The van der Waals surface area contributed by atoms with Crippen molar-refractivity contribution < 1.29 is 19.1 Å². The van der Waals surface area contributed by atoms with E-state index in [4.69, 9.17) is 9.15 Å². The van der Waals surface area contributed by atoms with Gasteiger partial charge in [0.25, 0.3) is 5.91 Å². The van der Waals surface area contributed by atoms with E-state index in [0.717, 1.165) is 11.3 Å². The maximum Gasteiger partial charge on any atom is 0.291 e. The van der Waals surface area contributed by atoms with Crippen LogP contribution in [0.3, 0.4) is 0 Å². The Morgan fingerprint density at radius 3 is 2.67 bits per heavy atom. The Kier molecular flexibility index (Phi) is 4.52. The van der Waals surface area contributed by atoms with Crippen LogP contribution in [0.5, 0.6) is 11.5 Å². The summed E-state index contributed by atoms with van der Waals surface area (Å²) in [5.74, 6) is 1.17.